The summed E-state index contributed by atoms with van der Waals surface area (Å²) >= 11 is 0. The van der Waals surface area contributed by atoms with Gasteiger partial charge in [-0.1, -0.05) is 18.2 Å². The van der Waals surface area contributed by atoms with Crippen LogP contribution in [-0.4, -0.2) is 31.5 Å². The van der Waals surface area contributed by atoms with Crippen molar-refractivity contribution in [2.45, 2.75) is 13.5 Å². The monoisotopic (exact) mass is 298 g/mol. The Hall–Kier alpha value is -2.44. The Morgan fingerprint density at radius 1 is 1.24 bits per heavy atom. The molecule has 5 nitrogen and oxygen atoms in total. The molecule has 0 aliphatic heterocycles. The SMILES string of the molecule is CC(=O)NCCNC(=O)/C=C/c1ccccc1OC(F)F. The Balaban J connectivity index is 2.52. The van der Waals surface area contributed by atoms with Crippen LogP contribution in [0.4, 0.5) is 8.78 Å². The summed E-state index contributed by atoms with van der Waals surface area (Å²) in [5.74, 6) is -0.583. The van der Waals surface area contributed by atoms with E-state index in [4.69, 9.17) is 0 Å². The van der Waals surface area contributed by atoms with Gasteiger partial charge >= 0.3 is 6.61 Å². The summed E-state index contributed by atoms with van der Waals surface area (Å²) < 4.78 is 28.8. The van der Waals surface area contributed by atoms with Crippen LogP contribution in [0.1, 0.15) is 12.5 Å². The number of alkyl halides is 2. The zero-order chi connectivity index (χ0) is 15.7. The molecule has 114 valence electrons. The third kappa shape index (κ3) is 7.05. The molecule has 7 heteroatoms. The Bertz CT molecular complexity index is 519. The van der Waals surface area contributed by atoms with Crippen molar-refractivity contribution in [1.82, 2.24) is 10.6 Å². The molecule has 0 saturated carbocycles. The maximum Gasteiger partial charge on any atom is 0.387 e. The van der Waals surface area contributed by atoms with Crippen molar-refractivity contribution >= 4 is 17.9 Å². The van der Waals surface area contributed by atoms with E-state index in [2.05, 4.69) is 15.4 Å². The van der Waals surface area contributed by atoms with Gasteiger partial charge in [0.1, 0.15) is 5.75 Å². The molecule has 0 aliphatic carbocycles. The molecule has 21 heavy (non-hydrogen) atoms. The lowest BCUT2D eigenvalue weighted by Gasteiger charge is -2.07. The number of hydrogen-bond acceptors (Lipinski definition) is 3. The smallest absolute Gasteiger partial charge is 0.387 e. The highest BCUT2D eigenvalue weighted by molar-refractivity contribution is 5.92. The number of para-hydroxylation sites is 1. The summed E-state index contributed by atoms with van der Waals surface area (Å²) in [6.07, 6.45) is 2.59. The first kappa shape index (κ1) is 16.6. The van der Waals surface area contributed by atoms with E-state index in [9.17, 15) is 18.4 Å². The lowest BCUT2D eigenvalue weighted by atomic mass is 10.2. The molecule has 0 fully saturated rings. The second kappa shape index (κ2) is 8.68. The van der Waals surface area contributed by atoms with Crippen LogP contribution in [0.2, 0.25) is 0 Å². The third-order valence-electron chi connectivity index (χ3n) is 2.35. The summed E-state index contributed by atoms with van der Waals surface area (Å²) in [6, 6.07) is 6.15. The van der Waals surface area contributed by atoms with Gasteiger partial charge in [0.15, 0.2) is 0 Å². The first-order chi connectivity index (χ1) is 9.99. The topological polar surface area (TPSA) is 67.4 Å². The molecule has 1 aromatic carbocycles. The molecule has 1 rings (SSSR count). The number of halogens is 2. The number of benzene rings is 1. The number of hydrogen-bond donors (Lipinski definition) is 2. The number of amides is 2. The molecule has 0 heterocycles. The number of carbonyl (C=O) groups excluding carboxylic acids is 2. The maximum atomic E-state index is 12.2. The van der Waals surface area contributed by atoms with Crippen LogP contribution in [0.5, 0.6) is 5.75 Å². The van der Waals surface area contributed by atoms with E-state index in [1.165, 1.54) is 25.1 Å². The second-order valence-corrected chi connectivity index (χ2v) is 4.02. The highest BCUT2D eigenvalue weighted by Crippen LogP contribution is 2.21. The molecule has 0 bridgehead atoms. The first-order valence-corrected chi connectivity index (χ1v) is 6.23. The van der Waals surface area contributed by atoms with Crippen molar-refractivity contribution in [2.24, 2.45) is 0 Å². The molecule has 2 N–H and O–H groups in total. The van der Waals surface area contributed by atoms with E-state index in [0.717, 1.165) is 0 Å². The van der Waals surface area contributed by atoms with Crippen LogP contribution < -0.4 is 15.4 Å². The van der Waals surface area contributed by atoms with E-state index in [-0.39, 0.29) is 18.2 Å². The molecule has 1 aromatic rings. The van der Waals surface area contributed by atoms with Gasteiger partial charge in [0.05, 0.1) is 0 Å². The molecule has 0 saturated heterocycles. The predicted octanol–water partition coefficient (Wildman–Crippen LogP) is 1.55. The zero-order valence-electron chi connectivity index (χ0n) is 11.4. The van der Waals surface area contributed by atoms with Gasteiger partial charge in [-0.25, -0.2) is 0 Å². The van der Waals surface area contributed by atoms with Crippen LogP contribution in [-0.2, 0) is 9.59 Å². The van der Waals surface area contributed by atoms with Crippen LogP contribution in [0.3, 0.4) is 0 Å². The molecular formula is C14H16F2N2O3. The summed E-state index contributed by atoms with van der Waals surface area (Å²) in [7, 11) is 0. The van der Waals surface area contributed by atoms with Crippen LogP contribution in [0.15, 0.2) is 30.3 Å². The van der Waals surface area contributed by atoms with Gasteiger partial charge in [-0.15, -0.1) is 0 Å². The lowest BCUT2D eigenvalue weighted by Crippen LogP contribution is -2.32. The van der Waals surface area contributed by atoms with E-state index in [1.54, 1.807) is 18.2 Å². The zero-order valence-corrected chi connectivity index (χ0v) is 11.4. The molecule has 2 amide bonds. The van der Waals surface area contributed by atoms with E-state index < -0.39 is 12.5 Å². The largest absolute Gasteiger partial charge is 0.434 e. The van der Waals surface area contributed by atoms with Crippen LogP contribution >= 0.6 is 0 Å². The average molecular weight is 298 g/mol. The highest BCUT2D eigenvalue weighted by Gasteiger charge is 2.07. The first-order valence-electron chi connectivity index (χ1n) is 6.23. The van der Waals surface area contributed by atoms with Gasteiger partial charge in [-0.05, 0) is 12.1 Å². The van der Waals surface area contributed by atoms with Crippen molar-refractivity contribution in [3.63, 3.8) is 0 Å². The summed E-state index contributed by atoms with van der Waals surface area (Å²) in [5, 5.41) is 5.06. The summed E-state index contributed by atoms with van der Waals surface area (Å²) in [5.41, 5.74) is 0.370. The molecule has 0 unspecified atom stereocenters. The summed E-state index contributed by atoms with van der Waals surface area (Å²) in [4.78, 5) is 22.1. The Labute approximate surface area is 121 Å². The van der Waals surface area contributed by atoms with Gasteiger partial charge in [0.2, 0.25) is 11.8 Å². The van der Waals surface area contributed by atoms with Crippen LogP contribution in [0, 0.1) is 0 Å². The van der Waals surface area contributed by atoms with E-state index in [0.29, 0.717) is 12.1 Å². The normalized spacial score (nSPS) is 10.7. The third-order valence-corrected chi connectivity index (χ3v) is 2.35. The van der Waals surface area contributed by atoms with Gasteiger partial charge in [-0.3, -0.25) is 9.59 Å². The number of rotatable bonds is 7. The predicted molar refractivity (Wildman–Crippen MR) is 73.8 cm³/mol. The van der Waals surface area contributed by atoms with Crippen molar-refractivity contribution in [3.05, 3.63) is 35.9 Å². The minimum absolute atomic E-state index is 0.00482. The number of nitrogens with one attached hydrogen (secondary N) is 2. The van der Waals surface area contributed by atoms with Gasteiger partial charge in [-0.2, -0.15) is 8.78 Å². The molecule has 0 radical (unpaired) electrons. The Morgan fingerprint density at radius 3 is 2.57 bits per heavy atom. The molecular weight excluding hydrogens is 282 g/mol. The van der Waals surface area contributed by atoms with E-state index >= 15 is 0 Å². The fourth-order valence-corrected chi connectivity index (χ4v) is 1.47. The summed E-state index contributed by atoms with van der Waals surface area (Å²) in [6.45, 7) is -0.953. The fourth-order valence-electron chi connectivity index (χ4n) is 1.47. The standard InChI is InChI=1S/C14H16F2N2O3/c1-10(19)17-8-9-18-13(20)7-6-11-4-2-3-5-12(11)21-14(15)16/h2-7,14H,8-9H2,1H3,(H,17,19)(H,18,20)/b7-6+. The highest BCUT2D eigenvalue weighted by atomic mass is 19.3. The number of ether oxygens (including phenoxy) is 1. The van der Waals surface area contributed by atoms with Crippen molar-refractivity contribution in [2.75, 3.05) is 13.1 Å². The van der Waals surface area contributed by atoms with Crippen molar-refractivity contribution in [1.29, 1.82) is 0 Å². The van der Waals surface area contributed by atoms with Gasteiger partial charge < -0.3 is 15.4 Å². The minimum atomic E-state index is -2.92. The van der Waals surface area contributed by atoms with Crippen LogP contribution in [0.25, 0.3) is 6.08 Å². The van der Waals surface area contributed by atoms with Crippen molar-refractivity contribution < 1.29 is 23.1 Å². The average Bonchev–Trinajstić information content (AvgIpc) is 2.42. The Morgan fingerprint density at radius 2 is 1.90 bits per heavy atom. The van der Waals surface area contributed by atoms with Gasteiger partial charge in [0.25, 0.3) is 0 Å². The maximum absolute atomic E-state index is 12.2. The van der Waals surface area contributed by atoms with Crippen molar-refractivity contribution in [3.8, 4) is 5.75 Å². The minimum Gasteiger partial charge on any atom is -0.434 e. The molecule has 0 spiro atoms. The lowest BCUT2D eigenvalue weighted by molar-refractivity contribution is -0.119. The molecule has 0 atom stereocenters. The molecule has 0 aliphatic rings. The number of carbonyl (C=O) groups is 2. The molecule has 0 aromatic heterocycles. The Kier molecular flexibility index (Phi) is 6.86. The van der Waals surface area contributed by atoms with Gasteiger partial charge in [0, 0.05) is 31.7 Å². The van der Waals surface area contributed by atoms with E-state index in [1.807, 2.05) is 0 Å². The quantitative estimate of drug-likeness (QED) is 0.593. The fraction of sp³-hybridized carbons (Fsp3) is 0.286. The second-order valence-electron chi connectivity index (χ2n) is 4.02.